The van der Waals surface area contributed by atoms with E-state index in [0.29, 0.717) is 12.1 Å². The maximum absolute atomic E-state index is 12.7. The third-order valence-corrected chi connectivity index (χ3v) is 2.43. The molecule has 1 aromatic rings. The molecule has 1 rings (SSSR count). The van der Waals surface area contributed by atoms with Crippen molar-refractivity contribution in [2.45, 2.75) is 32.5 Å². The van der Waals surface area contributed by atoms with E-state index in [1.54, 1.807) is 13.0 Å². The lowest BCUT2D eigenvalue weighted by atomic mass is 10.0. The van der Waals surface area contributed by atoms with E-state index < -0.39 is 11.7 Å². The third-order valence-electron chi connectivity index (χ3n) is 2.43. The summed E-state index contributed by atoms with van der Waals surface area (Å²) in [4.78, 5) is 0. The topological polar surface area (TPSA) is 12.0 Å². The van der Waals surface area contributed by atoms with Crippen molar-refractivity contribution in [1.29, 1.82) is 0 Å². The van der Waals surface area contributed by atoms with Crippen LogP contribution in [0, 0.1) is 0 Å². The first-order valence-corrected chi connectivity index (χ1v) is 5.36. The lowest BCUT2D eigenvalue weighted by Crippen LogP contribution is -2.22. The zero-order valence-electron chi connectivity index (χ0n) is 9.43. The first-order chi connectivity index (χ1) is 7.46. The van der Waals surface area contributed by atoms with E-state index in [-0.39, 0.29) is 6.04 Å². The summed E-state index contributed by atoms with van der Waals surface area (Å²) in [6.45, 7) is 4.45. The summed E-state index contributed by atoms with van der Waals surface area (Å²) in [5.41, 5.74) is -0.241. The van der Waals surface area contributed by atoms with E-state index in [9.17, 15) is 13.2 Å². The molecule has 0 spiro atoms. The van der Waals surface area contributed by atoms with Crippen LogP contribution in [0.2, 0.25) is 0 Å². The second-order valence-corrected chi connectivity index (χ2v) is 3.76. The highest BCUT2D eigenvalue weighted by Crippen LogP contribution is 2.34. The fourth-order valence-electron chi connectivity index (χ4n) is 1.60. The molecule has 0 radical (unpaired) electrons. The van der Waals surface area contributed by atoms with Gasteiger partial charge in [0, 0.05) is 6.04 Å². The van der Waals surface area contributed by atoms with Crippen LogP contribution in [-0.4, -0.2) is 6.54 Å². The van der Waals surface area contributed by atoms with Crippen LogP contribution in [0.3, 0.4) is 0 Å². The van der Waals surface area contributed by atoms with Gasteiger partial charge in [-0.3, -0.25) is 0 Å². The number of hydrogen-bond donors (Lipinski definition) is 1. The Morgan fingerprint density at radius 2 is 1.88 bits per heavy atom. The van der Waals surface area contributed by atoms with Crippen LogP contribution in [0.25, 0.3) is 0 Å². The number of rotatable bonds is 4. The Morgan fingerprint density at radius 1 is 1.25 bits per heavy atom. The Labute approximate surface area is 93.7 Å². The Morgan fingerprint density at radius 3 is 2.44 bits per heavy atom. The summed E-state index contributed by atoms with van der Waals surface area (Å²) < 4.78 is 38.1. The van der Waals surface area contributed by atoms with Gasteiger partial charge in [-0.1, -0.05) is 25.1 Å². The van der Waals surface area contributed by atoms with E-state index in [2.05, 4.69) is 5.32 Å². The predicted molar refractivity (Wildman–Crippen MR) is 58.2 cm³/mol. The minimum Gasteiger partial charge on any atom is -0.310 e. The minimum absolute atomic E-state index is 0.280. The number of hydrogen-bond acceptors (Lipinski definition) is 1. The smallest absolute Gasteiger partial charge is 0.310 e. The van der Waals surface area contributed by atoms with Crippen molar-refractivity contribution < 1.29 is 13.2 Å². The molecule has 1 nitrogen and oxygen atoms in total. The summed E-state index contributed by atoms with van der Waals surface area (Å²) in [5.74, 6) is 0. The molecule has 1 aromatic carbocycles. The third kappa shape index (κ3) is 3.23. The molecular weight excluding hydrogens is 215 g/mol. The second kappa shape index (κ2) is 5.34. The van der Waals surface area contributed by atoms with Crippen molar-refractivity contribution in [2.24, 2.45) is 0 Å². The van der Waals surface area contributed by atoms with Gasteiger partial charge in [-0.2, -0.15) is 13.2 Å². The van der Waals surface area contributed by atoms with E-state index in [1.807, 2.05) is 6.92 Å². The molecule has 90 valence electrons. The maximum Gasteiger partial charge on any atom is 0.416 e. The summed E-state index contributed by atoms with van der Waals surface area (Å²) in [5, 5.41) is 3.06. The zero-order valence-corrected chi connectivity index (χ0v) is 9.43. The van der Waals surface area contributed by atoms with E-state index >= 15 is 0 Å². The van der Waals surface area contributed by atoms with Gasteiger partial charge in [0.05, 0.1) is 5.56 Å². The lowest BCUT2D eigenvalue weighted by molar-refractivity contribution is -0.138. The molecule has 0 amide bonds. The Kier molecular flexibility index (Phi) is 4.35. The van der Waals surface area contributed by atoms with Crippen molar-refractivity contribution in [3.63, 3.8) is 0 Å². The fourth-order valence-corrected chi connectivity index (χ4v) is 1.60. The van der Waals surface area contributed by atoms with Crippen LogP contribution in [0.4, 0.5) is 13.2 Å². The minimum atomic E-state index is -4.28. The summed E-state index contributed by atoms with van der Waals surface area (Å²) in [6.07, 6.45) is -3.38. The standard InChI is InChI=1S/C12H16F3N/c1-3-8-16-9(2)10-6-4-5-7-11(10)12(13,14)15/h4-7,9,16H,3,8H2,1-2H3/t9-/m0/s1. The Bertz CT molecular complexity index is 333. The zero-order chi connectivity index (χ0) is 12.2. The maximum atomic E-state index is 12.7. The van der Waals surface area contributed by atoms with Crippen LogP contribution in [-0.2, 0) is 6.18 Å². The Hall–Kier alpha value is -1.03. The molecule has 0 aliphatic carbocycles. The van der Waals surface area contributed by atoms with Crippen LogP contribution in [0.5, 0.6) is 0 Å². The summed E-state index contributed by atoms with van der Waals surface area (Å²) in [6, 6.07) is 5.42. The summed E-state index contributed by atoms with van der Waals surface area (Å²) >= 11 is 0. The molecule has 0 bridgehead atoms. The van der Waals surface area contributed by atoms with E-state index in [0.717, 1.165) is 12.5 Å². The van der Waals surface area contributed by atoms with Gasteiger partial charge in [0.1, 0.15) is 0 Å². The normalized spacial score (nSPS) is 13.8. The number of halogens is 3. The predicted octanol–water partition coefficient (Wildman–Crippen LogP) is 3.77. The molecule has 1 N–H and O–H groups in total. The van der Waals surface area contributed by atoms with Crippen LogP contribution in [0.1, 0.15) is 37.4 Å². The second-order valence-electron chi connectivity index (χ2n) is 3.76. The molecule has 4 heteroatoms. The average molecular weight is 231 g/mol. The van der Waals surface area contributed by atoms with Crippen molar-refractivity contribution >= 4 is 0 Å². The van der Waals surface area contributed by atoms with E-state index in [1.165, 1.54) is 12.1 Å². The molecule has 0 fully saturated rings. The molecule has 1 atom stereocenters. The number of alkyl halides is 3. The molecular formula is C12H16F3N. The van der Waals surface area contributed by atoms with Gasteiger partial charge >= 0.3 is 6.18 Å². The van der Waals surface area contributed by atoms with Crippen molar-refractivity contribution in [2.75, 3.05) is 6.54 Å². The van der Waals surface area contributed by atoms with Crippen LogP contribution >= 0.6 is 0 Å². The highest BCUT2D eigenvalue weighted by Gasteiger charge is 2.33. The van der Waals surface area contributed by atoms with Crippen molar-refractivity contribution in [1.82, 2.24) is 5.32 Å². The van der Waals surface area contributed by atoms with E-state index in [4.69, 9.17) is 0 Å². The Balaban J connectivity index is 2.94. The molecule has 0 aliphatic heterocycles. The first kappa shape index (κ1) is 13.0. The quantitative estimate of drug-likeness (QED) is 0.831. The van der Waals surface area contributed by atoms with Gasteiger partial charge in [-0.15, -0.1) is 0 Å². The summed E-state index contributed by atoms with van der Waals surface area (Å²) in [7, 11) is 0. The average Bonchev–Trinajstić information content (AvgIpc) is 2.24. The first-order valence-electron chi connectivity index (χ1n) is 5.36. The molecule has 16 heavy (non-hydrogen) atoms. The monoisotopic (exact) mass is 231 g/mol. The molecule has 0 saturated heterocycles. The van der Waals surface area contributed by atoms with Gasteiger partial charge in [0.25, 0.3) is 0 Å². The van der Waals surface area contributed by atoms with Crippen LogP contribution in [0.15, 0.2) is 24.3 Å². The van der Waals surface area contributed by atoms with Crippen LogP contribution < -0.4 is 5.32 Å². The molecule has 0 aliphatic rings. The van der Waals surface area contributed by atoms with Crippen molar-refractivity contribution in [3.05, 3.63) is 35.4 Å². The van der Waals surface area contributed by atoms with Gasteiger partial charge in [-0.05, 0) is 31.5 Å². The fraction of sp³-hybridized carbons (Fsp3) is 0.500. The lowest BCUT2D eigenvalue weighted by Gasteiger charge is -2.19. The molecule has 0 saturated carbocycles. The number of nitrogens with one attached hydrogen (secondary N) is 1. The van der Waals surface area contributed by atoms with Gasteiger partial charge < -0.3 is 5.32 Å². The largest absolute Gasteiger partial charge is 0.416 e. The molecule has 0 unspecified atom stereocenters. The highest BCUT2D eigenvalue weighted by molar-refractivity contribution is 5.31. The van der Waals surface area contributed by atoms with Gasteiger partial charge in [0.2, 0.25) is 0 Å². The highest BCUT2D eigenvalue weighted by atomic mass is 19.4. The van der Waals surface area contributed by atoms with Gasteiger partial charge in [0.15, 0.2) is 0 Å². The number of benzene rings is 1. The molecule has 0 aromatic heterocycles. The van der Waals surface area contributed by atoms with Crippen molar-refractivity contribution in [3.8, 4) is 0 Å². The molecule has 0 heterocycles. The SMILES string of the molecule is CCCN[C@@H](C)c1ccccc1C(F)(F)F. The van der Waals surface area contributed by atoms with Gasteiger partial charge in [-0.25, -0.2) is 0 Å².